The van der Waals surface area contributed by atoms with E-state index in [4.69, 9.17) is 0 Å². The van der Waals surface area contributed by atoms with Gasteiger partial charge in [0.2, 0.25) is 5.91 Å². The van der Waals surface area contributed by atoms with Crippen LogP contribution in [-0.4, -0.2) is 24.5 Å². The standard InChI is InChI=1S/C18H15F3N2O2/c19-18(20,21)12-22-17(25)14-8-4-5-9-15(14)23-16(24)11-10-13-6-2-1-3-7-13/h1-11H,12H2,(H,22,25)(H,23,24)/b11-10+. The van der Waals surface area contributed by atoms with Crippen LogP contribution in [0.4, 0.5) is 18.9 Å². The zero-order chi connectivity index (χ0) is 18.3. The van der Waals surface area contributed by atoms with E-state index in [1.54, 1.807) is 17.5 Å². The van der Waals surface area contributed by atoms with Crippen LogP contribution in [0.25, 0.3) is 6.08 Å². The summed E-state index contributed by atoms with van der Waals surface area (Å²) >= 11 is 0. The maximum Gasteiger partial charge on any atom is 0.405 e. The van der Waals surface area contributed by atoms with Gasteiger partial charge in [0, 0.05) is 6.08 Å². The second kappa shape index (κ2) is 8.14. The van der Waals surface area contributed by atoms with E-state index in [0.717, 1.165) is 5.56 Å². The van der Waals surface area contributed by atoms with E-state index in [1.165, 1.54) is 24.3 Å². The molecule has 2 amide bonds. The minimum Gasteiger partial charge on any atom is -0.343 e. The first-order valence-electron chi connectivity index (χ1n) is 7.33. The number of para-hydroxylation sites is 1. The van der Waals surface area contributed by atoms with Gasteiger partial charge in [-0.2, -0.15) is 13.2 Å². The third kappa shape index (κ3) is 6.14. The molecule has 7 heteroatoms. The van der Waals surface area contributed by atoms with E-state index in [-0.39, 0.29) is 11.3 Å². The highest BCUT2D eigenvalue weighted by Gasteiger charge is 2.28. The van der Waals surface area contributed by atoms with Gasteiger partial charge in [0.15, 0.2) is 0 Å². The van der Waals surface area contributed by atoms with Crippen LogP contribution in [0.5, 0.6) is 0 Å². The van der Waals surface area contributed by atoms with Crippen LogP contribution in [0.2, 0.25) is 0 Å². The Balaban J connectivity index is 2.06. The highest BCUT2D eigenvalue weighted by Crippen LogP contribution is 2.17. The maximum atomic E-state index is 12.2. The minimum atomic E-state index is -4.51. The Morgan fingerprint density at radius 1 is 0.960 bits per heavy atom. The summed E-state index contributed by atoms with van der Waals surface area (Å²) in [6.45, 7) is -1.44. The van der Waals surface area contributed by atoms with E-state index >= 15 is 0 Å². The van der Waals surface area contributed by atoms with Crippen molar-refractivity contribution in [3.8, 4) is 0 Å². The molecular weight excluding hydrogens is 333 g/mol. The fourth-order valence-corrected chi connectivity index (χ4v) is 1.98. The van der Waals surface area contributed by atoms with Gasteiger partial charge < -0.3 is 10.6 Å². The summed E-state index contributed by atoms with van der Waals surface area (Å²) in [5.74, 6) is -1.42. The first kappa shape index (κ1) is 18.3. The predicted molar refractivity (Wildman–Crippen MR) is 88.9 cm³/mol. The Kier molecular flexibility index (Phi) is 5.94. The van der Waals surface area contributed by atoms with Gasteiger partial charge in [-0.3, -0.25) is 9.59 Å². The summed E-state index contributed by atoms with van der Waals surface area (Å²) in [6.07, 6.45) is -1.65. The van der Waals surface area contributed by atoms with E-state index in [0.29, 0.717) is 0 Å². The average molecular weight is 348 g/mol. The number of carbonyl (C=O) groups is 2. The molecule has 25 heavy (non-hydrogen) atoms. The predicted octanol–water partition coefficient (Wildman–Crippen LogP) is 3.63. The van der Waals surface area contributed by atoms with Crippen LogP contribution >= 0.6 is 0 Å². The molecule has 0 bridgehead atoms. The lowest BCUT2D eigenvalue weighted by molar-refractivity contribution is -0.123. The number of benzene rings is 2. The molecule has 0 saturated carbocycles. The number of amides is 2. The number of rotatable bonds is 5. The lowest BCUT2D eigenvalue weighted by Crippen LogP contribution is -2.34. The lowest BCUT2D eigenvalue weighted by atomic mass is 10.1. The van der Waals surface area contributed by atoms with Crippen molar-refractivity contribution >= 4 is 23.6 Å². The Bertz CT molecular complexity index is 771. The Labute approximate surface area is 142 Å². The molecular formula is C18H15F3N2O2. The second-order valence-corrected chi connectivity index (χ2v) is 5.08. The van der Waals surface area contributed by atoms with Crippen LogP contribution in [0, 0.1) is 0 Å². The normalized spacial score (nSPS) is 11.3. The SMILES string of the molecule is O=C(/C=C/c1ccccc1)Nc1ccccc1C(=O)NCC(F)(F)F. The molecule has 0 atom stereocenters. The van der Waals surface area contributed by atoms with E-state index in [1.807, 2.05) is 30.3 Å². The van der Waals surface area contributed by atoms with Gasteiger partial charge in [0.25, 0.3) is 5.91 Å². The molecule has 2 rings (SSSR count). The molecule has 2 aromatic carbocycles. The van der Waals surface area contributed by atoms with Crippen molar-refractivity contribution in [1.82, 2.24) is 5.32 Å². The van der Waals surface area contributed by atoms with Crippen LogP contribution in [-0.2, 0) is 4.79 Å². The highest BCUT2D eigenvalue weighted by atomic mass is 19.4. The molecule has 0 radical (unpaired) electrons. The Hall–Kier alpha value is -3.09. The first-order chi connectivity index (χ1) is 11.8. The van der Waals surface area contributed by atoms with Crippen molar-refractivity contribution in [2.45, 2.75) is 6.18 Å². The van der Waals surface area contributed by atoms with E-state index < -0.39 is 24.5 Å². The van der Waals surface area contributed by atoms with Crippen LogP contribution < -0.4 is 10.6 Å². The van der Waals surface area contributed by atoms with E-state index in [2.05, 4.69) is 5.32 Å². The first-order valence-corrected chi connectivity index (χ1v) is 7.33. The topological polar surface area (TPSA) is 58.2 Å². The van der Waals surface area contributed by atoms with Crippen LogP contribution in [0.3, 0.4) is 0 Å². The van der Waals surface area contributed by atoms with Crippen LogP contribution in [0.15, 0.2) is 60.7 Å². The fraction of sp³-hybridized carbons (Fsp3) is 0.111. The molecule has 0 spiro atoms. The summed E-state index contributed by atoms with van der Waals surface area (Å²) < 4.78 is 36.6. The number of halogens is 3. The summed E-state index contributed by atoms with van der Waals surface area (Å²) in [5, 5.41) is 4.27. The molecule has 0 saturated heterocycles. The van der Waals surface area contributed by atoms with Gasteiger partial charge in [0.1, 0.15) is 6.54 Å². The molecule has 0 aliphatic heterocycles. The number of carbonyl (C=O) groups excluding carboxylic acids is 2. The monoisotopic (exact) mass is 348 g/mol. The summed E-state index contributed by atoms with van der Waals surface area (Å²) in [4.78, 5) is 23.9. The zero-order valence-corrected chi connectivity index (χ0v) is 13.0. The fourth-order valence-electron chi connectivity index (χ4n) is 1.98. The lowest BCUT2D eigenvalue weighted by Gasteiger charge is -2.11. The number of anilines is 1. The molecule has 0 unspecified atom stereocenters. The summed E-state index contributed by atoms with van der Waals surface area (Å²) in [6, 6.07) is 14.9. The maximum absolute atomic E-state index is 12.2. The van der Waals surface area contributed by atoms with Crippen molar-refractivity contribution in [3.63, 3.8) is 0 Å². The Morgan fingerprint density at radius 3 is 2.28 bits per heavy atom. The van der Waals surface area contributed by atoms with Gasteiger partial charge in [-0.25, -0.2) is 0 Å². The smallest absolute Gasteiger partial charge is 0.343 e. The second-order valence-electron chi connectivity index (χ2n) is 5.08. The average Bonchev–Trinajstić information content (AvgIpc) is 2.59. The number of nitrogens with one attached hydrogen (secondary N) is 2. The van der Waals surface area contributed by atoms with Crippen molar-refractivity contribution < 1.29 is 22.8 Å². The molecule has 2 N–H and O–H groups in total. The van der Waals surface area contributed by atoms with Gasteiger partial charge in [-0.15, -0.1) is 0 Å². The molecule has 0 fully saturated rings. The van der Waals surface area contributed by atoms with Crippen molar-refractivity contribution in [2.24, 2.45) is 0 Å². The molecule has 0 heterocycles. The Morgan fingerprint density at radius 2 is 1.60 bits per heavy atom. The summed E-state index contributed by atoms with van der Waals surface area (Å²) in [5.41, 5.74) is 0.895. The molecule has 0 aliphatic rings. The number of alkyl halides is 3. The van der Waals surface area contributed by atoms with Gasteiger partial charge in [-0.05, 0) is 23.8 Å². The molecule has 130 valence electrons. The van der Waals surface area contributed by atoms with Crippen molar-refractivity contribution in [2.75, 3.05) is 11.9 Å². The van der Waals surface area contributed by atoms with Crippen molar-refractivity contribution in [1.29, 1.82) is 0 Å². The van der Waals surface area contributed by atoms with E-state index in [9.17, 15) is 22.8 Å². The van der Waals surface area contributed by atoms with Gasteiger partial charge in [-0.1, -0.05) is 42.5 Å². The number of hydrogen-bond donors (Lipinski definition) is 2. The molecule has 2 aromatic rings. The number of hydrogen-bond acceptors (Lipinski definition) is 2. The zero-order valence-electron chi connectivity index (χ0n) is 13.0. The minimum absolute atomic E-state index is 0.0480. The van der Waals surface area contributed by atoms with Crippen LogP contribution in [0.1, 0.15) is 15.9 Å². The molecule has 4 nitrogen and oxygen atoms in total. The van der Waals surface area contributed by atoms with Gasteiger partial charge in [0.05, 0.1) is 11.3 Å². The summed E-state index contributed by atoms with van der Waals surface area (Å²) in [7, 11) is 0. The van der Waals surface area contributed by atoms with Gasteiger partial charge >= 0.3 is 6.18 Å². The largest absolute Gasteiger partial charge is 0.405 e. The molecule has 0 aromatic heterocycles. The third-order valence-electron chi connectivity index (χ3n) is 3.11. The third-order valence-corrected chi connectivity index (χ3v) is 3.11. The quantitative estimate of drug-likeness (QED) is 0.811. The highest BCUT2D eigenvalue weighted by molar-refractivity contribution is 6.07. The van der Waals surface area contributed by atoms with Crippen molar-refractivity contribution in [3.05, 3.63) is 71.8 Å². The molecule has 0 aliphatic carbocycles.